The van der Waals surface area contributed by atoms with Crippen LogP contribution in [0.2, 0.25) is 0 Å². The van der Waals surface area contributed by atoms with E-state index in [-0.39, 0.29) is 13.0 Å². The molecule has 0 amide bonds. The lowest BCUT2D eigenvalue weighted by atomic mass is 10.0. The Morgan fingerprint density at radius 3 is 2.67 bits per heavy atom. The van der Waals surface area contributed by atoms with Gasteiger partial charge in [-0.15, -0.1) is 0 Å². The number of methoxy groups -OCH3 is 1. The topological polar surface area (TPSA) is 56.8 Å². The van der Waals surface area contributed by atoms with Crippen molar-refractivity contribution in [3.8, 4) is 0 Å². The molecule has 1 aliphatic rings. The molecular weight excluding hydrogens is 413 g/mol. The Kier molecular flexibility index (Phi) is 8.60. The van der Waals surface area contributed by atoms with E-state index in [1.54, 1.807) is 0 Å². The lowest BCUT2D eigenvalue weighted by Gasteiger charge is -2.23. The molecule has 1 heterocycles. The Hall–Kier alpha value is -2.20. The van der Waals surface area contributed by atoms with E-state index in [4.69, 9.17) is 9.47 Å². The normalized spacial score (nSPS) is 18.4. The number of hydrogen-bond acceptors (Lipinski definition) is 5. The van der Waals surface area contributed by atoms with Crippen molar-refractivity contribution in [2.45, 2.75) is 51.1 Å². The highest BCUT2D eigenvalue weighted by Crippen LogP contribution is 2.32. The summed E-state index contributed by atoms with van der Waals surface area (Å²) < 4.78 is 83.8. The van der Waals surface area contributed by atoms with Gasteiger partial charge in [-0.25, -0.2) is 13.6 Å². The van der Waals surface area contributed by atoms with Crippen LogP contribution in [0, 0.1) is 11.6 Å². The molecule has 1 saturated heterocycles. The molecule has 0 aliphatic carbocycles. The van der Waals surface area contributed by atoms with Crippen LogP contribution in [0.3, 0.4) is 0 Å². The van der Waals surface area contributed by atoms with Crippen molar-refractivity contribution in [3.05, 3.63) is 34.9 Å². The van der Waals surface area contributed by atoms with E-state index in [0.29, 0.717) is 19.1 Å². The number of anilines is 1. The molecule has 1 unspecified atom stereocenters. The van der Waals surface area contributed by atoms with Gasteiger partial charge in [0, 0.05) is 17.9 Å². The van der Waals surface area contributed by atoms with Crippen molar-refractivity contribution in [2.75, 3.05) is 25.6 Å². The molecule has 1 N–H and O–H groups in total. The quantitative estimate of drug-likeness (QED) is 0.455. The molecule has 1 aliphatic heterocycles. The van der Waals surface area contributed by atoms with E-state index in [1.165, 1.54) is 13.0 Å². The van der Waals surface area contributed by atoms with E-state index in [1.807, 2.05) is 0 Å². The zero-order valence-corrected chi connectivity index (χ0v) is 16.7. The third-order valence-corrected chi connectivity index (χ3v) is 4.58. The molecular formula is C20H24F5NO4. The highest BCUT2D eigenvalue weighted by Gasteiger charge is 2.39. The third kappa shape index (κ3) is 6.15. The molecule has 5 nitrogen and oxygen atoms in total. The summed E-state index contributed by atoms with van der Waals surface area (Å²) in [5.74, 6) is -3.93. The van der Waals surface area contributed by atoms with Gasteiger partial charge in [-0.1, -0.05) is 19.1 Å². The predicted molar refractivity (Wildman–Crippen MR) is 100 cm³/mol. The number of esters is 1. The molecule has 1 aromatic carbocycles. The molecule has 1 aromatic rings. The Labute approximate surface area is 171 Å². The van der Waals surface area contributed by atoms with Crippen LogP contribution in [-0.4, -0.2) is 44.8 Å². The van der Waals surface area contributed by atoms with Gasteiger partial charge in [-0.2, -0.15) is 13.2 Å². The second kappa shape index (κ2) is 10.7. The monoisotopic (exact) mass is 437 g/mol. The maximum absolute atomic E-state index is 14.9. The molecule has 30 heavy (non-hydrogen) atoms. The van der Waals surface area contributed by atoms with Crippen molar-refractivity contribution in [3.63, 3.8) is 0 Å². The Bertz CT molecular complexity index is 761. The summed E-state index contributed by atoms with van der Waals surface area (Å²) in [6, 6.07) is -1.38. The number of nitrogens with one attached hydrogen (secondary N) is 1. The predicted octanol–water partition coefficient (Wildman–Crippen LogP) is 5.06. The first-order valence-corrected chi connectivity index (χ1v) is 9.52. The molecule has 2 atom stereocenters. The first-order valence-electron chi connectivity index (χ1n) is 9.52. The summed E-state index contributed by atoms with van der Waals surface area (Å²) in [5, 5.41) is 2.12. The van der Waals surface area contributed by atoms with E-state index in [0.717, 1.165) is 26.0 Å². The van der Waals surface area contributed by atoms with Crippen LogP contribution in [-0.2, 0) is 14.2 Å². The summed E-state index contributed by atoms with van der Waals surface area (Å²) in [6.07, 6.45) is -0.360. The Morgan fingerprint density at radius 2 is 2.10 bits per heavy atom. The maximum Gasteiger partial charge on any atom is 0.408 e. The fourth-order valence-corrected chi connectivity index (χ4v) is 2.98. The fourth-order valence-electron chi connectivity index (χ4n) is 2.98. The highest BCUT2D eigenvalue weighted by atomic mass is 19.4. The first-order chi connectivity index (χ1) is 14.2. The maximum atomic E-state index is 14.9. The van der Waals surface area contributed by atoms with Gasteiger partial charge >= 0.3 is 12.1 Å². The van der Waals surface area contributed by atoms with Crippen LogP contribution in [0.5, 0.6) is 0 Å². The number of alkyl halides is 3. The van der Waals surface area contributed by atoms with Crippen LogP contribution in [0.15, 0.2) is 12.1 Å². The molecule has 0 saturated carbocycles. The van der Waals surface area contributed by atoms with Crippen LogP contribution in [0.4, 0.5) is 27.6 Å². The zero-order chi connectivity index (χ0) is 22.3. The van der Waals surface area contributed by atoms with Crippen molar-refractivity contribution in [2.24, 2.45) is 0 Å². The van der Waals surface area contributed by atoms with E-state index < -0.39 is 52.9 Å². The van der Waals surface area contributed by atoms with Crippen molar-refractivity contribution in [1.82, 2.24) is 0 Å². The minimum Gasteiger partial charge on any atom is -0.465 e. The number of carbonyl (C=O) groups excluding carboxylic acids is 1. The van der Waals surface area contributed by atoms with Gasteiger partial charge in [-0.3, -0.25) is 0 Å². The Balaban J connectivity index is 2.32. The Morgan fingerprint density at radius 1 is 1.37 bits per heavy atom. The van der Waals surface area contributed by atoms with Crippen LogP contribution >= 0.6 is 0 Å². The smallest absolute Gasteiger partial charge is 0.408 e. The molecule has 0 spiro atoms. The molecule has 2 rings (SSSR count). The second-order valence-electron chi connectivity index (χ2n) is 6.68. The van der Waals surface area contributed by atoms with Crippen molar-refractivity contribution in [1.29, 1.82) is 0 Å². The van der Waals surface area contributed by atoms with Crippen molar-refractivity contribution < 1.29 is 41.0 Å². The number of hydrogen-bond donors (Lipinski definition) is 1. The first kappa shape index (κ1) is 24.1. The third-order valence-electron chi connectivity index (χ3n) is 4.58. The summed E-state index contributed by atoms with van der Waals surface area (Å²) in [6.45, 7) is 1.84. The van der Waals surface area contributed by atoms with E-state index >= 15 is 0 Å². The average Bonchev–Trinajstić information content (AvgIpc) is 2.70. The summed E-state index contributed by atoms with van der Waals surface area (Å²) in [4.78, 5) is 11.7. The molecule has 168 valence electrons. The average molecular weight is 437 g/mol. The molecule has 0 bridgehead atoms. The van der Waals surface area contributed by atoms with Gasteiger partial charge in [0.05, 0.1) is 13.7 Å². The van der Waals surface area contributed by atoms with Crippen LogP contribution < -0.4 is 5.32 Å². The summed E-state index contributed by atoms with van der Waals surface area (Å²) in [7, 11) is 0.942. The lowest BCUT2D eigenvalue weighted by Crippen LogP contribution is -2.36. The van der Waals surface area contributed by atoms with Gasteiger partial charge < -0.3 is 19.5 Å². The van der Waals surface area contributed by atoms with Crippen molar-refractivity contribution >= 4 is 17.7 Å². The minimum atomic E-state index is -4.63. The highest BCUT2D eigenvalue weighted by molar-refractivity contribution is 5.92. The van der Waals surface area contributed by atoms with Gasteiger partial charge in [0.15, 0.2) is 6.29 Å². The zero-order valence-electron chi connectivity index (χ0n) is 16.7. The molecule has 10 heteroatoms. The number of rotatable bonds is 8. The van der Waals surface area contributed by atoms with Gasteiger partial charge in [-0.05, 0) is 31.7 Å². The van der Waals surface area contributed by atoms with Gasteiger partial charge in [0.1, 0.15) is 23.2 Å². The fraction of sp³-hybridized carbons (Fsp3) is 0.550. The summed E-state index contributed by atoms with van der Waals surface area (Å²) in [5.41, 5.74) is -1.83. The number of benzene rings is 1. The van der Waals surface area contributed by atoms with Gasteiger partial charge in [0.25, 0.3) is 0 Å². The standard InChI is InChI=1S/C20H24F5NO4/c1-3-15(20(23,24)25)26-14-11-13(21)17(19(27)28-2)18(22)12(14)7-6-10-30-16-8-4-5-9-29-16/h6-7,11,15-16,26H,3-5,8-10H2,1-2H3/b7-6+/t15-,16?/m1/s1. The molecule has 0 radical (unpaired) electrons. The van der Waals surface area contributed by atoms with Crippen LogP contribution in [0.25, 0.3) is 6.08 Å². The van der Waals surface area contributed by atoms with E-state index in [9.17, 15) is 26.7 Å². The summed E-state index contributed by atoms with van der Waals surface area (Å²) >= 11 is 0. The number of halogens is 5. The second-order valence-corrected chi connectivity index (χ2v) is 6.68. The van der Waals surface area contributed by atoms with E-state index in [2.05, 4.69) is 10.1 Å². The SMILES string of the molecule is CC[C@@H](Nc1cc(F)c(C(=O)OC)c(F)c1/C=C/COC1CCCCO1)C(F)(F)F. The van der Waals surface area contributed by atoms with Gasteiger partial charge in [0.2, 0.25) is 0 Å². The number of ether oxygens (including phenoxy) is 3. The van der Waals surface area contributed by atoms with Crippen LogP contribution in [0.1, 0.15) is 48.5 Å². The molecule has 0 aromatic heterocycles. The largest absolute Gasteiger partial charge is 0.465 e. The minimum absolute atomic E-state index is 0.00897. The molecule has 1 fully saturated rings. The lowest BCUT2D eigenvalue weighted by molar-refractivity contribution is -0.155. The number of carbonyl (C=O) groups is 1.